The molecule has 0 saturated heterocycles. The third-order valence-electron chi connectivity index (χ3n) is 4.26. The van der Waals surface area contributed by atoms with Crippen molar-refractivity contribution < 1.29 is 13.8 Å². The number of carbonyl (C=O) groups is 1. The van der Waals surface area contributed by atoms with Gasteiger partial charge >= 0.3 is 0 Å². The van der Waals surface area contributed by atoms with E-state index in [1.165, 1.54) is 0 Å². The van der Waals surface area contributed by atoms with Gasteiger partial charge in [0.2, 0.25) is 29.3 Å². The van der Waals surface area contributed by atoms with E-state index in [-0.39, 0.29) is 5.91 Å². The summed E-state index contributed by atoms with van der Waals surface area (Å²) in [5, 5.41) is 10.8. The van der Waals surface area contributed by atoms with Crippen molar-refractivity contribution in [3.63, 3.8) is 0 Å². The summed E-state index contributed by atoms with van der Waals surface area (Å²) in [7, 11) is 0. The van der Waals surface area contributed by atoms with Crippen LogP contribution in [0, 0.1) is 6.92 Å². The first-order valence-electron chi connectivity index (χ1n) is 9.26. The van der Waals surface area contributed by atoms with Crippen molar-refractivity contribution >= 4 is 11.6 Å². The molecule has 0 fully saturated rings. The Bertz CT molecular complexity index is 1100. The number of anilines is 1. The Morgan fingerprint density at radius 1 is 0.931 bits per heavy atom. The fourth-order valence-electron chi connectivity index (χ4n) is 2.87. The minimum Gasteiger partial charge on any atom is -0.339 e. The molecule has 0 radical (unpaired) electrons. The molecule has 2 heterocycles. The standard InChI is InChI=1S/C21H19N5O3/c1-14-22-21(26-28-14)16-10-5-6-11-17(16)23-18(27)12-7-13-19-24-20(25-29-19)15-8-3-2-4-9-15/h2-6,8-11H,7,12-13H2,1H3,(H,23,27). The predicted octanol–water partition coefficient (Wildman–Crippen LogP) is 4.06. The Hall–Kier alpha value is -3.81. The van der Waals surface area contributed by atoms with E-state index in [0.29, 0.717) is 53.9 Å². The Morgan fingerprint density at radius 3 is 2.48 bits per heavy atom. The van der Waals surface area contributed by atoms with Gasteiger partial charge in [0, 0.05) is 30.9 Å². The lowest BCUT2D eigenvalue weighted by molar-refractivity contribution is -0.116. The summed E-state index contributed by atoms with van der Waals surface area (Å²) in [6, 6.07) is 17.0. The maximum atomic E-state index is 12.4. The fraction of sp³-hybridized carbons (Fsp3) is 0.190. The molecular formula is C21H19N5O3. The van der Waals surface area contributed by atoms with Crippen LogP contribution in [0.2, 0.25) is 0 Å². The summed E-state index contributed by atoms with van der Waals surface area (Å²) in [5.74, 6) is 1.86. The highest BCUT2D eigenvalue weighted by Crippen LogP contribution is 2.25. The van der Waals surface area contributed by atoms with Gasteiger partial charge < -0.3 is 14.4 Å². The van der Waals surface area contributed by atoms with Crippen molar-refractivity contribution in [1.82, 2.24) is 20.3 Å². The lowest BCUT2D eigenvalue weighted by Crippen LogP contribution is -2.12. The van der Waals surface area contributed by atoms with E-state index < -0.39 is 0 Å². The van der Waals surface area contributed by atoms with E-state index in [9.17, 15) is 4.79 Å². The second-order valence-corrected chi connectivity index (χ2v) is 6.46. The molecule has 0 spiro atoms. The van der Waals surface area contributed by atoms with Crippen molar-refractivity contribution in [2.45, 2.75) is 26.2 Å². The minimum absolute atomic E-state index is 0.111. The van der Waals surface area contributed by atoms with Gasteiger partial charge in [-0.3, -0.25) is 4.79 Å². The van der Waals surface area contributed by atoms with Crippen LogP contribution in [0.15, 0.2) is 63.6 Å². The van der Waals surface area contributed by atoms with Gasteiger partial charge in [-0.15, -0.1) is 0 Å². The number of benzene rings is 2. The van der Waals surface area contributed by atoms with E-state index in [1.807, 2.05) is 54.6 Å². The number of para-hydroxylation sites is 1. The maximum Gasteiger partial charge on any atom is 0.226 e. The highest BCUT2D eigenvalue weighted by molar-refractivity contribution is 5.94. The molecule has 2 aromatic heterocycles. The zero-order valence-corrected chi connectivity index (χ0v) is 15.8. The summed E-state index contributed by atoms with van der Waals surface area (Å²) in [6.45, 7) is 1.72. The summed E-state index contributed by atoms with van der Waals surface area (Å²) in [6.07, 6.45) is 1.44. The van der Waals surface area contributed by atoms with Crippen molar-refractivity contribution in [3.05, 3.63) is 66.4 Å². The third kappa shape index (κ3) is 4.55. The zero-order chi connectivity index (χ0) is 20.1. The molecule has 8 nitrogen and oxygen atoms in total. The molecule has 0 atom stereocenters. The van der Waals surface area contributed by atoms with E-state index in [0.717, 1.165) is 5.56 Å². The molecular weight excluding hydrogens is 370 g/mol. The second kappa shape index (κ2) is 8.47. The third-order valence-corrected chi connectivity index (χ3v) is 4.26. The molecule has 4 aromatic rings. The highest BCUT2D eigenvalue weighted by Gasteiger charge is 2.13. The number of carbonyl (C=O) groups excluding carboxylic acids is 1. The van der Waals surface area contributed by atoms with Crippen LogP contribution in [0.25, 0.3) is 22.8 Å². The van der Waals surface area contributed by atoms with Crippen LogP contribution >= 0.6 is 0 Å². The number of rotatable bonds is 7. The lowest BCUT2D eigenvalue weighted by Gasteiger charge is -2.08. The Morgan fingerprint density at radius 2 is 1.69 bits per heavy atom. The predicted molar refractivity (Wildman–Crippen MR) is 106 cm³/mol. The molecule has 0 bridgehead atoms. The van der Waals surface area contributed by atoms with Crippen LogP contribution in [-0.4, -0.2) is 26.2 Å². The number of nitrogens with one attached hydrogen (secondary N) is 1. The summed E-state index contributed by atoms with van der Waals surface area (Å²) >= 11 is 0. The van der Waals surface area contributed by atoms with Crippen molar-refractivity contribution in [2.24, 2.45) is 0 Å². The lowest BCUT2D eigenvalue weighted by atomic mass is 10.1. The normalized spacial score (nSPS) is 10.8. The van der Waals surface area contributed by atoms with Gasteiger partial charge in [-0.1, -0.05) is 52.8 Å². The fourth-order valence-corrected chi connectivity index (χ4v) is 2.87. The van der Waals surface area contributed by atoms with Crippen LogP contribution < -0.4 is 5.32 Å². The first kappa shape index (κ1) is 18.5. The van der Waals surface area contributed by atoms with E-state index >= 15 is 0 Å². The van der Waals surface area contributed by atoms with Crippen LogP contribution in [0.1, 0.15) is 24.6 Å². The Kier molecular flexibility index (Phi) is 5.42. The second-order valence-electron chi connectivity index (χ2n) is 6.46. The molecule has 2 aromatic carbocycles. The zero-order valence-electron chi connectivity index (χ0n) is 15.8. The highest BCUT2D eigenvalue weighted by atomic mass is 16.5. The average Bonchev–Trinajstić information content (AvgIpc) is 3.38. The van der Waals surface area contributed by atoms with Gasteiger partial charge in [0.1, 0.15) is 0 Å². The molecule has 8 heteroatoms. The molecule has 0 unspecified atom stereocenters. The van der Waals surface area contributed by atoms with Crippen LogP contribution in [-0.2, 0) is 11.2 Å². The first-order valence-corrected chi connectivity index (χ1v) is 9.26. The molecule has 146 valence electrons. The number of aromatic nitrogens is 4. The number of hydrogen-bond donors (Lipinski definition) is 1. The van der Waals surface area contributed by atoms with E-state index in [2.05, 4.69) is 25.6 Å². The van der Waals surface area contributed by atoms with Crippen LogP contribution in [0.5, 0.6) is 0 Å². The molecule has 1 N–H and O–H groups in total. The molecule has 0 saturated carbocycles. The Labute approximate surface area is 167 Å². The number of hydrogen-bond acceptors (Lipinski definition) is 7. The van der Waals surface area contributed by atoms with Gasteiger partial charge in [0.15, 0.2) is 0 Å². The van der Waals surface area contributed by atoms with Crippen molar-refractivity contribution in [3.8, 4) is 22.8 Å². The maximum absolute atomic E-state index is 12.4. The van der Waals surface area contributed by atoms with Gasteiger partial charge in [-0.25, -0.2) is 0 Å². The van der Waals surface area contributed by atoms with Gasteiger partial charge in [0.05, 0.1) is 5.69 Å². The van der Waals surface area contributed by atoms with E-state index in [4.69, 9.17) is 9.05 Å². The number of aryl methyl sites for hydroxylation is 2. The van der Waals surface area contributed by atoms with Crippen molar-refractivity contribution in [1.29, 1.82) is 0 Å². The minimum atomic E-state index is -0.111. The molecule has 0 aliphatic heterocycles. The van der Waals surface area contributed by atoms with Crippen molar-refractivity contribution in [2.75, 3.05) is 5.32 Å². The molecule has 4 rings (SSSR count). The number of amides is 1. The largest absolute Gasteiger partial charge is 0.339 e. The average molecular weight is 389 g/mol. The van der Waals surface area contributed by atoms with Crippen LogP contribution in [0.4, 0.5) is 5.69 Å². The van der Waals surface area contributed by atoms with Gasteiger partial charge in [-0.05, 0) is 18.6 Å². The van der Waals surface area contributed by atoms with E-state index in [1.54, 1.807) is 6.92 Å². The topological polar surface area (TPSA) is 107 Å². The smallest absolute Gasteiger partial charge is 0.226 e. The van der Waals surface area contributed by atoms with Gasteiger partial charge in [0.25, 0.3) is 0 Å². The molecule has 1 amide bonds. The monoisotopic (exact) mass is 389 g/mol. The first-order chi connectivity index (χ1) is 14.2. The van der Waals surface area contributed by atoms with Crippen LogP contribution in [0.3, 0.4) is 0 Å². The Balaban J connectivity index is 1.33. The quantitative estimate of drug-likeness (QED) is 0.508. The number of nitrogens with zero attached hydrogens (tertiary/aromatic N) is 4. The SMILES string of the molecule is Cc1nc(-c2ccccc2NC(=O)CCCc2nc(-c3ccccc3)no2)no1. The molecule has 29 heavy (non-hydrogen) atoms. The summed E-state index contributed by atoms with van der Waals surface area (Å²) < 4.78 is 10.3. The summed E-state index contributed by atoms with van der Waals surface area (Å²) in [5.41, 5.74) is 2.25. The van der Waals surface area contributed by atoms with Gasteiger partial charge in [-0.2, -0.15) is 9.97 Å². The molecule has 0 aliphatic carbocycles. The molecule has 0 aliphatic rings. The summed E-state index contributed by atoms with van der Waals surface area (Å²) in [4.78, 5) is 21.0.